The molecule has 2 N–H and O–H groups in total. The SMILES string of the molecule is NC(=O)C1CCN(C(=O)CN2CCN(c3nc4ccccc4s3)CC2)CC1. The van der Waals surface area contributed by atoms with Gasteiger partial charge in [0.1, 0.15) is 0 Å². The van der Waals surface area contributed by atoms with Crippen molar-refractivity contribution in [1.29, 1.82) is 0 Å². The number of nitrogens with zero attached hydrogens (tertiary/aromatic N) is 4. The summed E-state index contributed by atoms with van der Waals surface area (Å²) in [6.45, 7) is 5.22. The maximum atomic E-state index is 12.6. The Kier molecular flexibility index (Phi) is 5.27. The number of nitrogens with two attached hydrogens (primary N) is 1. The Balaban J connectivity index is 1.27. The smallest absolute Gasteiger partial charge is 0.236 e. The van der Waals surface area contributed by atoms with Crippen LogP contribution in [-0.4, -0.2) is 72.4 Å². The molecule has 4 rings (SSSR count). The minimum absolute atomic E-state index is 0.0774. The Morgan fingerprint density at radius 1 is 1.07 bits per heavy atom. The van der Waals surface area contributed by atoms with Crippen LogP contribution in [0.15, 0.2) is 24.3 Å². The Morgan fingerprint density at radius 3 is 2.44 bits per heavy atom. The first-order valence-corrected chi connectivity index (χ1v) is 10.3. The van der Waals surface area contributed by atoms with Crippen molar-refractivity contribution < 1.29 is 9.59 Å². The molecule has 2 aliphatic rings. The summed E-state index contributed by atoms with van der Waals surface area (Å²) >= 11 is 1.73. The number of amides is 2. The number of hydrogen-bond donors (Lipinski definition) is 1. The van der Waals surface area contributed by atoms with Crippen molar-refractivity contribution in [1.82, 2.24) is 14.8 Å². The zero-order valence-electron chi connectivity index (χ0n) is 15.3. The van der Waals surface area contributed by atoms with Gasteiger partial charge in [-0.05, 0) is 25.0 Å². The normalized spacial score (nSPS) is 19.6. The van der Waals surface area contributed by atoms with Crippen molar-refractivity contribution >= 4 is 38.5 Å². The second-order valence-electron chi connectivity index (χ2n) is 7.28. The first-order valence-electron chi connectivity index (χ1n) is 9.50. The van der Waals surface area contributed by atoms with Gasteiger partial charge in [-0.25, -0.2) is 4.98 Å². The lowest BCUT2D eigenvalue weighted by atomic mass is 9.96. The summed E-state index contributed by atoms with van der Waals surface area (Å²) in [7, 11) is 0. The molecule has 2 aliphatic heterocycles. The van der Waals surface area contributed by atoms with E-state index in [1.165, 1.54) is 4.70 Å². The zero-order chi connectivity index (χ0) is 18.8. The van der Waals surface area contributed by atoms with Gasteiger partial charge in [-0.3, -0.25) is 14.5 Å². The number of piperidine rings is 1. The quantitative estimate of drug-likeness (QED) is 0.851. The second kappa shape index (κ2) is 7.82. The third-order valence-electron chi connectivity index (χ3n) is 5.53. The highest BCUT2D eigenvalue weighted by atomic mass is 32.1. The number of rotatable bonds is 4. The third kappa shape index (κ3) is 4.06. The van der Waals surface area contributed by atoms with Gasteiger partial charge in [0.05, 0.1) is 16.8 Å². The molecule has 2 fully saturated rings. The number of carbonyl (C=O) groups excluding carboxylic acids is 2. The standard InChI is InChI=1S/C19H25N5O2S/c20-18(26)14-5-7-23(8-6-14)17(25)13-22-9-11-24(12-10-22)19-21-15-3-1-2-4-16(15)27-19/h1-4,14H,5-13H2,(H2,20,26). The van der Waals surface area contributed by atoms with E-state index in [4.69, 9.17) is 10.7 Å². The third-order valence-corrected chi connectivity index (χ3v) is 6.63. The Morgan fingerprint density at radius 2 is 1.78 bits per heavy atom. The minimum Gasteiger partial charge on any atom is -0.369 e. The summed E-state index contributed by atoms with van der Waals surface area (Å²) < 4.78 is 1.21. The average Bonchev–Trinajstić information content (AvgIpc) is 3.13. The summed E-state index contributed by atoms with van der Waals surface area (Å²) in [5.74, 6) is -0.161. The van der Waals surface area contributed by atoms with Crippen molar-refractivity contribution in [2.24, 2.45) is 11.7 Å². The van der Waals surface area contributed by atoms with E-state index in [-0.39, 0.29) is 17.7 Å². The average molecular weight is 388 g/mol. The maximum absolute atomic E-state index is 12.6. The van der Waals surface area contributed by atoms with Crippen LogP contribution in [0.5, 0.6) is 0 Å². The molecule has 27 heavy (non-hydrogen) atoms. The Bertz CT molecular complexity index is 789. The summed E-state index contributed by atoms with van der Waals surface area (Å²) in [5.41, 5.74) is 6.41. The van der Waals surface area contributed by atoms with E-state index in [0.29, 0.717) is 32.5 Å². The van der Waals surface area contributed by atoms with Crippen molar-refractivity contribution in [3.8, 4) is 0 Å². The summed E-state index contributed by atoms with van der Waals surface area (Å²) in [5, 5.41) is 1.07. The highest BCUT2D eigenvalue weighted by molar-refractivity contribution is 7.22. The van der Waals surface area contributed by atoms with Crippen LogP contribution in [0.2, 0.25) is 0 Å². The van der Waals surface area contributed by atoms with Crippen molar-refractivity contribution in [3.63, 3.8) is 0 Å². The van der Waals surface area contributed by atoms with Crippen LogP contribution >= 0.6 is 11.3 Å². The molecule has 0 atom stereocenters. The number of hydrogen-bond acceptors (Lipinski definition) is 6. The first kappa shape index (κ1) is 18.2. The number of piperazine rings is 1. The molecule has 144 valence electrons. The molecule has 0 saturated carbocycles. The van der Waals surface area contributed by atoms with Gasteiger partial charge in [-0.1, -0.05) is 23.5 Å². The summed E-state index contributed by atoms with van der Waals surface area (Å²) in [6, 6.07) is 8.21. The number of fused-ring (bicyclic) bond motifs is 1. The van der Waals surface area contributed by atoms with E-state index in [1.807, 2.05) is 23.1 Å². The minimum atomic E-state index is -0.243. The highest BCUT2D eigenvalue weighted by Gasteiger charge is 2.28. The number of aromatic nitrogens is 1. The van der Waals surface area contributed by atoms with Gasteiger partial charge in [0, 0.05) is 45.2 Å². The van der Waals surface area contributed by atoms with E-state index in [2.05, 4.69) is 15.9 Å². The molecular formula is C19H25N5O2S. The number of primary amides is 1. The molecular weight excluding hydrogens is 362 g/mol. The van der Waals surface area contributed by atoms with E-state index >= 15 is 0 Å². The fraction of sp³-hybridized carbons (Fsp3) is 0.526. The number of anilines is 1. The molecule has 2 saturated heterocycles. The fourth-order valence-electron chi connectivity index (χ4n) is 3.80. The van der Waals surface area contributed by atoms with Gasteiger partial charge in [-0.15, -0.1) is 0 Å². The van der Waals surface area contributed by atoms with Crippen LogP contribution in [0.1, 0.15) is 12.8 Å². The number of para-hydroxylation sites is 1. The molecule has 0 unspecified atom stereocenters. The summed E-state index contributed by atoms with van der Waals surface area (Å²) in [6.07, 6.45) is 1.37. The molecule has 0 spiro atoms. The van der Waals surface area contributed by atoms with E-state index in [0.717, 1.165) is 36.8 Å². The Hall–Kier alpha value is -2.19. The number of thiazole rings is 1. The molecule has 3 heterocycles. The number of likely N-dealkylation sites (tertiary alicyclic amines) is 1. The largest absolute Gasteiger partial charge is 0.369 e. The van der Waals surface area contributed by atoms with E-state index < -0.39 is 0 Å². The van der Waals surface area contributed by atoms with Crippen LogP contribution < -0.4 is 10.6 Å². The van der Waals surface area contributed by atoms with Crippen molar-refractivity contribution in [2.75, 3.05) is 50.7 Å². The molecule has 0 aliphatic carbocycles. The molecule has 1 aromatic heterocycles. The van der Waals surface area contributed by atoms with E-state index in [1.54, 1.807) is 11.3 Å². The fourth-order valence-corrected chi connectivity index (χ4v) is 4.81. The van der Waals surface area contributed by atoms with Gasteiger partial charge in [0.2, 0.25) is 11.8 Å². The Labute approximate surface area is 162 Å². The zero-order valence-corrected chi connectivity index (χ0v) is 16.2. The molecule has 8 heteroatoms. The second-order valence-corrected chi connectivity index (χ2v) is 8.29. The predicted molar refractivity (Wildman–Crippen MR) is 107 cm³/mol. The van der Waals surface area contributed by atoms with Gasteiger partial charge in [0.15, 0.2) is 5.13 Å². The van der Waals surface area contributed by atoms with Crippen LogP contribution in [0.3, 0.4) is 0 Å². The van der Waals surface area contributed by atoms with Gasteiger partial charge < -0.3 is 15.5 Å². The lowest BCUT2D eigenvalue weighted by Crippen LogP contribution is -2.51. The number of benzene rings is 1. The lowest BCUT2D eigenvalue weighted by Gasteiger charge is -2.36. The number of carbonyl (C=O) groups is 2. The lowest BCUT2D eigenvalue weighted by molar-refractivity contribution is -0.136. The molecule has 7 nitrogen and oxygen atoms in total. The molecule has 2 amide bonds. The molecule has 0 radical (unpaired) electrons. The van der Waals surface area contributed by atoms with Crippen LogP contribution in [0, 0.1) is 5.92 Å². The van der Waals surface area contributed by atoms with Crippen molar-refractivity contribution in [2.45, 2.75) is 12.8 Å². The molecule has 2 aromatic rings. The predicted octanol–water partition coefficient (Wildman–Crippen LogP) is 1.14. The molecule has 1 aromatic carbocycles. The van der Waals surface area contributed by atoms with Crippen LogP contribution in [-0.2, 0) is 9.59 Å². The highest BCUT2D eigenvalue weighted by Crippen LogP contribution is 2.29. The topological polar surface area (TPSA) is 82.8 Å². The maximum Gasteiger partial charge on any atom is 0.236 e. The van der Waals surface area contributed by atoms with Gasteiger partial charge in [-0.2, -0.15) is 0 Å². The first-order chi connectivity index (χ1) is 13.1. The monoisotopic (exact) mass is 387 g/mol. The van der Waals surface area contributed by atoms with Crippen molar-refractivity contribution in [3.05, 3.63) is 24.3 Å². The van der Waals surface area contributed by atoms with Gasteiger partial charge >= 0.3 is 0 Å². The summed E-state index contributed by atoms with van der Waals surface area (Å²) in [4.78, 5) is 34.9. The van der Waals surface area contributed by atoms with E-state index in [9.17, 15) is 9.59 Å². The van der Waals surface area contributed by atoms with Crippen LogP contribution in [0.25, 0.3) is 10.2 Å². The van der Waals surface area contributed by atoms with Gasteiger partial charge in [0.25, 0.3) is 0 Å². The molecule has 0 bridgehead atoms. The van der Waals surface area contributed by atoms with Crippen LogP contribution in [0.4, 0.5) is 5.13 Å².